The first kappa shape index (κ1) is 9.64. The van der Waals surface area contributed by atoms with E-state index in [1.54, 1.807) is 25.4 Å². The van der Waals surface area contributed by atoms with Crippen LogP contribution in [-0.2, 0) is 4.79 Å². The largest absolute Gasteiger partial charge is 0.370 e. The predicted octanol–water partition coefficient (Wildman–Crippen LogP) is 0.0837. The van der Waals surface area contributed by atoms with Gasteiger partial charge in [0, 0.05) is 18.8 Å². The number of nitrogens with zero attached hydrogens (tertiary/aromatic N) is 2. The van der Waals surface area contributed by atoms with Crippen molar-refractivity contribution in [1.82, 2.24) is 9.88 Å². The van der Waals surface area contributed by atoms with Crippen LogP contribution in [0.4, 0.5) is 0 Å². The minimum atomic E-state index is -0.420. The molecule has 0 spiro atoms. The van der Waals surface area contributed by atoms with Crippen molar-refractivity contribution in [3.05, 3.63) is 29.6 Å². The van der Waals surface area contributed by atoms with Crippen molar-refractivity contribution in [2.75, 3.05) is 7.05 Å². The SMILES string of the molecule is CN1C(=O)c2ncccc2C1CC(N)=O. The summed E-state index contributed by atoms with van der Waals surface area (Å²) in [6.07, 6.45) is 1.71. The van der Waals surface area contributed by atoms with Gasteiger partial charge in [0.2, 0.25) is 5.91 Å². The summed E-state index contributed by atoms with van der Waals surface area (Å²) in [5.41, 5.74) is 6.34. The predicted molar refractivity (Wildman–Crippen MR) is 52.9 cm³/mol. The molecule has 2 amide bonds. The van der Waals surface area contributed by atoms with Gasteiger partial charge in [0.1, 0.15) is 5.69 Å². The maximum absolute atomic E-state index is 11.7. The quantitative estimate of drug-likeness (QED) is 0.743. The molecule has 0 radical (unpaired) electrons. The van der Waals surface area contributed by atoms with E-state index in [1.165, 1.54) is 4.90 Å². The molecule has 1 aliphatic rings. The molecule has 5 heteroatoms. The number of primary amides is 1. The maximum Gasteiger partial charge on any atom is 0.273 e. The summed E-state index contributed by atoms with van der Waals surface area (Å²) in [7, 11) is 1.65. The third-order valence-corrected chi connectivity index (χ3v) is 2.58. The van der Waals surface area contributed by atoms with Crippen LogP contribution < -0.4 is 5.73 Å². The molecule has 0 saturated heterocycles. The zero-order valence-electron chi connectivity index (χ0n) is 8.30. The molecule has 15 heavy (non-hydrogen) atoms. The summed E-state index contributed by atoms with van der Waals surface area (Å²) < 4.78 is 0. The number of aromatic nitrogens is 1. The van der Waals surface area contributed by atoms with E-state index < -0.39 is 5.91 Å². The number of amides is 2. The molecule has 0 bridgehead atoms. The van der Waals surface area contributed by atoms with Crippen LogP contribution in [0, 0.1) is 0 Å². The molecule has 78 valence electrons. The van der Waals surface area contributed by atoms with E-state index in [0.29, 0.717) is 5.69 Å². The third-order valence-electron chi connectivity index (χ3n) is 2.58. The van der Waals surface area contributed by atoms with Gasteiger partial charge >= 0.3 is 0 Å². The van der Waals surface area contributed by atoms with Crippen LogP contribution in [0.25, 0.3) is 0 Å². The number of rotatable bonds is 2. The Bertz CT molecular complexity index is 430. The molecule has 1 aromatic rings. The van der Waals surface area contributed by atoms with Crippen molar-refractivity contribution in [3.8, 4) is 0 Å². The first-order valence-electron chi connectivity index (χ1n) is 4.61. The molecule has 0 aliphatic carbocycles. The van der Waals surface area contributed by atoms with E-state index in [4.69, 9.17) is 5.73 Å². The van der Waals surface area contributed by atoms with Crippen molar-refractivity contribution < 1.29 is 9.59 Å². The number of carbonyl (C=O) groups excluding carboxylic acids is 2. The molecule has 0 saturated carbocycles. The fraction of sp³-hybridized carbons (Fsp3) is 0.300. The van der Waals surface area contributed by atoms with Crippen LogP contribution in [-0.4, -0.2) is 28.7 Å². The Morgan fingerprint density at radius 1 is 1.67 bits per heavy atom. The summed E-state index contributed by atoms with van der Waals surface area (Å²) in [4.78, 5) is 28.1. The van der Waals surface area contributed by atoms with Gasteiger partial charge in [0.25, 0.3) is 5.91 Å². The highest BCUT2D eigenvalue weighted by Gasteiger charge is 2.35. The number of pyridine rings is 1. The zero-order valence-corrected chi connectivity index (χ0v) is 8.30. The molecule has 0 aromatic carbocycles. The Labute approximate surface area is 86.9 Å². The molecule has 1 unspecified atom stereocenters. The topological polar surface area (TPSA) is 76.3 Å². The monoisotopic (exact) mass is 205 g/mol. The Kier molecular flexibility index (Phi) is 2.15. The second-order valence-electron chi connectivity index (χ2n) is 3.54. The molecular weight excluding hydrogens is 194 g/mol. The molecule has 0 fully saturated rings. The fourth-order valence-electron chi connectivity index (χ4n) is 1.82. The van der Waals surface area contributed by atoms with Crippen molar-refractivity contribution in [1.29, 1.82) is 0 Å². The van der Waals surface area contributed by atoms with Crippen LogP contribution >= 0.6 is 0 Å². The minimum Gasteiger partial charge on any atom is -0.370 e. The van der Waals surface area contributed by atoms with Gasteiger partial charge in [-0.2, -0.15) is 0 Å². The number of carbonyl (C=O) groups is 2. The molecule has 1 atom stereocenters. The van der Waals surface area contributed by atoms with Crippen LogP contribution in [0.2, 0.25) is 0 Å². The third kappa shape index (κ3) is 1.45. The summed E-state index contributed by atoms with van der Waals surface area (Å²) in [5.74, 6) is -0.576. The molecule has 2 heterocycles. The normalized spacial score (nSPS) is 19.1. The van der Waals surface area contributed by atoms with Gasteiger partial charge in [0.05, 0.1) is 12.5 Å². The highest BCUT2D eigenvalue weighted by Crippen LogP contribution is 2.32. The van der Waals surface area contributed by atoms with Gasteiger partial charge in [-0.15, -0.1) is 0 Å². The number of fused-ring (bicyclic) bond motifs is 1. The Morgan fingerprint density at radius 3 is 3.07 bits per heavy atom. The smallest absolute Gasteiger partial charge is 0.273 e. The van der Waals surface area contributed by atoms with Gasteiger partial charge in [-0.3, -0.25) is 14.6 Å². The van der Waals surface area contributed by atoms with E-state index in [0.717, 1.165) is 5.56 Å². The lowest BCUT2D eigenvalue weighted by atomic mass is 10.1. The van der Waals surface area contributed by atoms with E-state index in [-0.39, 0.29) is 18.4 Å². The van der Waals surface area contributed by atoms with E-state index in [9.17, 15) is 9.59 Å². The summed E-state index contributed by atoms with van der Waals surface area (Å²) in [5, 5.41) is 0. The minimum absolute atomic E-state index is 0.140. The lowest BCUT2D eigenvalue weighted by molar-refractivity contribution is -0.118. The maximum atomic E-state index is 11.7. The van der Waals surface area contributed by atoms with Crippen molar-refractivity contribution in [3.63, 3.8) is 0 Å². The van der Waals surface area contributed by atoms with Gasteiger partial charge in [-0.25, -0.2) is 0 Å². The zero-order chi connectivity index (χ0) is 11.0. The summed E-state index contributed by atoms with van der Waals surface area (Å²) in [6.45, 7) is 0. The summed E-state index contributed by atoms with van der Waals surface area (Å²) in [6, 6.07) is 3.29. The van der Waals surface area contributed by atoms with Crippen LogP contribution in [0.3, 0.4) is 0 Å². The van der Waals surface area contributed by atoms with Gasteiger partial charge in [0.15, 0.2) is 0 Å². The summed E-state index contributed by atoms with van der Waals surface area (Å²) >= 11 is 0. The van der Waals surface area contributed by atoms with E-state index >= 15 is 0 Å². The van der Waals surface area contributed by atoms with Crippen molar-refractivity contribution in [2.24, 2.45) is 5.73 Å². The first-order chi connectivity index (χ1) is 7.11. The Morgan fingerprint density at radius 2 is 2.40 bits per heavy atom. The molecule has 5 nitrogen and oxygen atoms in total. The number of hydrogen-bond donors (Lipinski definition) is 1. The second kappa shape index (κ2) is 3.34. The van der Waals surface area contributed by atoms with E-state index in [1.807, 2.05) is 0 Å². The van der Waals surface area contributed by atoms with Crippen molar-refractivity contribution in [2.45, 2.75) is 12.5 Å². The highest BCUT2D eigenvalue weighted by atomic mass is 16.2. The fourth-order valence-corrected chi connectivity index (χ4v) is 1.82. The van der Waals surface area contributed by atoms with E-state index in [2.05, 4.69) is 4.98 Å². The average Bonchev–Trinajstić information content (AvgIpc) is 2.44. The lowest BCUT2D eigenvalue weighted by Gasteiger charge is -2.18. The lowest BCUT2D eigenvalue weighted by Crippen LogP contribution is -2.27. The van der Waals surface area contributed by atoms with Crippen LogP contribution in [0.1, 0.15) is 28.5 Å². The molecular formula is C10H11N3O2. The van der Waals surface area contributed by atoms with Gasteiger partial charge in [-0.05, 0) is 6.07 Å². The van der Waals surface area contributed by atoms with Crippen molar-refractivity contribution >= 4 is 11.8 Å². The Hall–Kier alpha value is -1.91. The molecule has 2 rings (SSSR count). The standard InChI is InChI=1S/C10H11N3O2/c1-13-7(5-8(11)14)6-3-2-4-12-9(6)10(13)15/h2-4,7H,5H2,1H3,(H2,11,14). The molecule has 1 aliphatic heterocycles. The molecule has 2 N–H and O–H groups in total. The first-order valence-corrected chi connectivity index (χ1v) is 4.61. The van der Waals surface area contributed by atoms with Crippen LogP contribution in [0.15, 0.2) is 18.3 Å². The average molecular weight is 205 g/mol. The Balaban J connectivity index is 2.42. The number of hydrogen-bond acceptors (Lipinski definition) is 3. The van der Waals surface area contributed by atoms with Gasteiger partial charge in [-0.1, -0.05) is 6.07 Å². The molecule has 1 aromatic heterocycles. The second-order valence-corrected chi connectivity index (χ2v) is 3.54. The van der Waals surface area contributed by atoms with Gasteiger partial charge < -0.3 is 10.6 Å². The van der Waals surface area contributed by atoms with Crippen LogP contribution in [0.5, 0.6) is 0 Å². The highest BCUT2D eigenvalue weighted by molar-refractivity contribution is 5.97. The number of nitrogens with two attached hydrogens (primary N) is 1.